The molecule has 19 heavy (non-hydrogen) atoms. The van der Waals surface area contributed by atoms with Crippen LogP contribution in [0.4, 0.5) is 0 Å². The van der Waals surface area contributed by atoms with E-state index in [2.05, 4.69) is 0 Å². The third kappa shape index (κ3) is 3.36. The molecular weight excluding hydrogens is 246 g/mol. The Morgan fingerprint density at radius 2 is 2.05 bits per heavy atom. The number of ether oxygens (including phenoxy) is 2. The highest BCUT2D eigenvalue weighted by Gasteiger charge is 2.17. The van der Waals surface area contributed by atoms with Crippen molar-refractivity contribution in [2.24, 2.45) is 11.6 Å². The van der Waals surface area contributed by atoms with Crippen LogP contribution in [0.15, 0.2) is 18.2 Å². The number of hydrogen-bond donors (Lipinski definition) is 2. The average molecular weight is 265 g/mol. The number of hydrazine groups is 1. The lowest BCUT2D eigenvalue weighted by Crippen LogP contribution is -2.35. The van der Waals surface area contributed by atoms with Gasteiger partial charge in [-0.25, -0.2) is 5.84 Å². The number of rotatable bonds is 3. The summed E-state index contributed by atoms with van der Waals surface area (Å²) in [4.78, 5) is 11.5. The van der Waals surface area contributed by atoms with Crippen molar-refractivity contribution in [3.8, 4) is 11.5 Å². The summed E-state index contributed by atoms with van der Waals surface area (Å²) >= 11 is 0. The van der Waals surface area contributed by atoms with Crippen LogP contribution in [-0.2, 0) is 4.79 Å². The quantitative estimate of drug-likeness (QED) is 0.473. The molecule has 1 aromatic rings. The van der Waals surface area contributed by atoms with Gasteiger partial charge in [-0.3, -0.25) is 9.80 Å². The van der Waals surface area contributed by atoms with Gasteiger partial charge in [0.25, 0.3) is 0 Å². The molecule has 0 spiro atoms. The number of hydrogen-bond acceptors (Lipinski definition) is 5. The summed E-state index contributed by atoms with van der Waals surface area (Å²) in [6, 6.07) is 5.10. The molecule has 0 aliphatic carbocycles. The third-order valence-corrected chi connectivity index (χ3v) is 2.99. The fourth-order valence-corrected chi connectivity index (χ4v) is 1.86. The van der Waals surface area contributed by atoms with E-state index in [9.17, 15) is 4.79 Å². The van der Waals surface area contributed by atoms with Gasteiger partial charge in [0.15, 0.2) is 11.5 Å². The van der Waals surface area contributed by atoms with Crippen molar-refractivity contribution in [2.45, 2.75) is 18.9 Å². The molecule has 0 saturated carbocycles. The number of nitrogens with zero attached hydrogens (tertiary/aromatic N) is 1. The zero-order valence-corrected chi connectivity index (χ0v) is 11.0. The van der Waals surface area contributed by atoms with Crippen LogP contribution in [0.5, 0.6) is 11.5 Å². The Bertz CT molecular complexity index is 462. The second kappa shape index (κ2) is 5.90. The highest BCUT2D eigenvalue weighted by Crippen LogP contribution is 2.32. The monoisotopic (exact) mass is 265 g/mol. The summed E-state index contributed by atoms with van der Waals surface area (Å²) in [5, 5.41) is 1.04. The largest absolute Gasteiger partial charge is 0.490 e. The molecule has 2 rings (SSSR count). The first-order valence-corrected chi connectivity index (χ1v) is 6.24. The topological polar surface area (TPSA) is 90.8 Å². The molecule has 1 amide bonds. The van der Waals surface area contributed by atoms with E-state index in [-0.39, 0.29) is 12.3 Å². The van der Waals surface area contributed by atoms with Gasteiger partial charge in [-0.05, 0) is 17.7 Å². The van der Waals surface area contributed by atoms with Crippen molar-refractivity contribution in [3.63, 3.8) is 0 Å². The van der Waals surface area contributed by atoms with Crippen LogP contribution in [0.25, 0.3) is 0 Å². The minimum absolute atomic E-state index is 0.159. The highest BCUT2D eigenvalue weighted by molar-refractivity contribution is 5.76. The Morgan fingerprint density at radius 1 is 1.37 bits per heavy atom. The van der Waals surface area contributed by atoms with Crippen LogP contribution >= 0.6 is 0 Å². The number of carbonyl (C=O) groups excluding carboxylic acids is 1. The highest BCUT2D eigenvalue weighted by atomic mass is 16.5. The summed E-state index contributed by atoms with van der Waals surface area (Å²) in [5.41, 5.74) is 6.84. The normalized spacial score (nSPS) is 15.5. The Hall–Kier alpha value is -1.79. The Labute approximate surface area is 112 Å². The molecule has 1 heterocycles. The molecule has 0 saturated heterocycles. The van der Waals surface area contributed by atoms with Crippen LogP contribution in [-0.4, -0.2) is 31.2 Å². The van der Waals surface area contributed by atoms with E-state index in [1.807, 2.05) is 18.2 Å². The van der Waals surface area contributed by atoms with Crippen molar-refractivity contribution in [2.75, 3.05) is 20.3 Å². The van der Waals surface area contributed by atoms with Gasteiger partial charge in [-0.15, -0.1) is 0 Å². The van der Waals surface area contributed by atoms with Gasteiger partial charge in [0.2, 0.25) is 5.91 Å². The van der Waals surface area contributed by atoms with Crippen LogP contribution in [0, 0.1) is 0 Å². The van der Waals surface area contributed by atoms with Gasteiger partial charge in [0, 0.05) is 25.9 Å². The van der Waals surface area contributed by atoms with E-state index in [0.29, 0.717) is 19.0 Å². The first-order chi connectivity index (χ1) is 9.08. The lowest BCUT2D eigenvalue weighted by Gasteiger charge is -2.16. The van der Waals surface area contributed by atoms with Crippen LogP contribution in [0.2, 0.25) is 0 Å². The van der Waals surface area contributed by atoms with Crippen molar-refractivity contribution in [1.82, 2.24) is 5.01 Å². The molecule has 4 N–H and O–H groups in total. The van der Waals surface area contributed by atoms with E-state index >= 15 is 0 Å². The fourth-order valence-electron chi connectivity index (χ4n) is 1.86. The first-order valence-electron chi connectivity index (χ1n) is 6.24. The Kier molecular flexibility index (Phi) is 4.24. The molecule has 1 unspecified atom stereocenters. The van der Waals surface area contributed by atoms with Crippen LogP contribution < -0.4 is 21.1 Å². The Balaban J connectivity index is 2.12. The zero-order chi connectivity index (χ0) is 13.8. The molecule has 6 nitrogen and oxygen atoms in total. The second-order valence-electron chi connectivity index (χ2n) is 4.57. The number of nitrogens with two attached hydrogens (primary N) is 2. The van der Waals surface area contributed by atoms with Crippen molar-refractivity contribution in [3.05, 3.63) is 23.8 Å². The predicted molar refractivity (Wildman–Crippen MR) is 70.6 cm³/mol. The minimum Gasteiger partial charge on any atom is -0.490 e. The average Bonchev–Trinajstić information content (AvgIpc) is 2.62. The predicted octanol–water partition coefficient (Wildman–Crippen LogP) is 0.570. The standard InChI is InChI=1S/C13H19N3O3/c1-16(15)13(17)8-10(14)9-3-4-11-12(7-9)19-6-2-5-18-11/h3-4,7,10H,2,5-6,8,14-15H2,1H3. The van der Waals surface area contributed by atoms with E-state index in [1.54, 1.807) is 0 Å². The fraction of sp³-hybridized carbons (Fsp3) is 0.462. The van der Waals surface area contributed by atoms with Crippen molar-refractivity contribution in [1.29, 1.82) is 0 Å². The van der Waals surface area contributed by atoms with Crippen molar-refractivity contribution < 1.29 is 14.3 Å². The maximum absolute atomic E-state index is 11.5. The maximum atomic E-state index is 11.5. The number of amides is 1. The molecule has 1 aromatic carbocycles. The van der Waals surface area contributed by atoms with Crippen LogP contribution in [0.1, 0.15) is 24.4 Å². The van der Waals surface area contributed by atoms with E-state index < -0.39 is 6.04 Å². The third-order valence-electron chi connectivity index (χ3n) is 2.99. The SMILES string of the molecule is CN(N)C(=O)CC(N)c1ccc2c(c1)OCCCO2. The summed E-state index contributed by atoms with van der Waals surface area (Å²) < 4.78 is 11.1. The second-order valence-corrected chi connectivity index (χ2v) is 4.57. The summed E-state index contributed by atoms with van der Waals surface area (Å²) in [5.74, 6) is 6.57. The smallest absolute Gasteiger partial charge is 0.238 e. The van der Waals surface area contributed by atoms with Gasteiger partial charge in [-0.1, -0.05) is 6.07 Å². The van der Waals surface area contributed by atoms with Gasteiger partial charge in [-0.2, -0.15) is 0 Å². The van der Waals surface area contributed by atoms with Gasteiger partial charge in [0.05, 0.1) is 13.2 Å². The molecule has 1 atom stereocenters. The minimum atomic E-state index is -0.407. The Morgan fingerprint density at radius 3 is 2.74 bits per heavy atom. The lowest BCUT2D eigenvalue weighted by atomic mass is 10.0. The molecule has 1 aliphatic heterocycles. The summed E-state index contributed by atoms with van der Waals surface area (Å²) in [6.07, 6.45) is 1.01. The van der Waals surface area contributed by atoms with Crippen LogP contribution in [0.3, 0.4) is 0 Å². The molecular formula is C13H19N3O3. The first kappa shape index (κ1) is 13.6. The lowest BCUT2D eigenvalue weighted by molar-refractivity contribution is -0.130. The van der Waals surface area contributed by atoms with Crippen molar-refractivity contribution >= 4 is 5.91 Å². The number of carbonyl (C=O) groups is 1. The van der Waals surface area contributed by atoms with Gasteiger partial charge in [0.1, 0.15) is 0 Å². The number of benzene rings is 1. The van der Waals surface area contributed by atoms with Gasteiger partial charge < -0.3 is 15.2 Å². The zero-order valence-electron chi connectivity index (χ0n) is 11.0. The molecule has 0 aromatic heterocycles. The van der Waals surface area contributed by atoms with E-state index in [4.69, 9.17) is 21.1 Å². The molecule has 104 valence electrons. The molecule has 1 aliphatic rings. The summed E-state index contributed by atoms with van der Waals surface area (Å²) in [6.45, 7) is 1.27. The molecule has 6 heteroatoms. The van der Waals surface area contributed by atoms with E-state index in [0.717, 1.165) is 22.7 Å². The summed E-state index contributed by atoms with van der Waals surface area (Å²) in [7, 11) is 1.50. The number of fused-ring (bicyclic) bond motifs is 1. The van der Waals surface area contributed by atoms with Gasteiger partial charge >= 0.3 is 0 Å². The van der Waals surface area contributed by atoms with E-state index in [1.165, 1.54) is 7.05 Å². The molecule has 0 bridgehead atoms. The molecule has 0 radical (unpaired) electrons. The molecule has 0 fully saturated rings. The maximum Gasteiger partial charge on any atom is 0.238 e.